The van der Waals surface area contributed by atoms with E-state index in [1.165, 1.54) is 37.6 Å². The number of anilines is 1. The second-order valence-corrected chi connectivity index (χ2v) is 5.29. The quantitative estimate of drug-likeness (QED) is 0.456. The van der Waals surface area contributed by atoms with E-state index in [0.717, 1.165) is 0 Å². The van der Waals surface area contributed by atoms with Crippen LogP contribution < -0.4 is 5.32 Å². The molecule has 0 spiro atoms. The topological polar surface area (TPSA) is 50.7 Å². The van der Waals surface area contributed by atoms with E-state index in [4.69, 9.17) is 0 Å². The predicted molar refractivity (Wildman–Crippen MR) is 85.4 cm³/mol. The molecule has 0 aliphatic carbocycles. The molecule has 10 heteroatoms. The van der Waals surface area contributed by atoms with Crippen LogP contribution in [0.4, 0.5) is 32.0 Å². The number of nitrogens with one attached hydrogen (secondary N) is 1. The molecule has 1 amide bonds. The lowest BCUT2D eigenvalue weighted by atomic mass is 10.1. The number of alkyl halides is 6. The van der Waals surface area contributed by atoms with Gasteiger partial charge >= 0.3 is 12.4 Å². The molecule has 0 aliphatic rings. The van der Waals surface area contributed by atoms with E-state index in [1.807, 2.05) is 5.32 Å². The van der Waals surface area contributed by atoms with Gasteiger partial charge in [-0.05, 0) is 35.9 Å². The SMILES string of the molecule is CO/N=C/c1ccc(C(=O)Nc2cc(C(F)(F)F)cc(C(F)(F)F)c2)cc1. The van der Waals surface area contributed by atoms with Gasteiger partial charge in [0.05, 0.1) is 17.3 Å². The van der Waals surface area contributed by atoms with Crippen molar-refractivity contribution in [2.75, 3.05) is 12.4 Å². The number of hydrogen-bond acceptors (Lipinski definition) is 3. The maximum atomic E-state index is 12.8. The number of carbonyl (C=O) groups excluding carboxylic acids is 1. The summed E-state index contributed by atoms with van der Waals surface area (Å²) in [5.41, 5.74) is -3.04. The highest BCUT2D eigenvalue weighted by Gasteiger charge is 2.37. The van der Waals surface area contributed by atoms with Crippen molar-refractivity contribution in [2.45, 2.75) is 12.4 Å². The van der Waals surface area contributed by atoms with E-state index in [2.05, 4.69) is 9.99 Å². The molecule has 2 rings (SSSR count). The van der Waals surface area contributed by atoms with Crippen LogP contribution in [0, 0.1) is 0 Å². The van der Waals surface area contributed by atoms with Crippen LogP contribution in [0.3, 0.4) is 0 Å². The van der Waals surface area contributed by atoms with Crippen molar-refractivity contribution >= 4 is 17.8 Å². The molecule has 0 saturated heterocycles. The van der Waals surface area contributed by atoms with Gasteiger partial charge in [-0.2, -0.15) is 26.3 Å². The van der Waals surface area contributed by atoms with Gasteiger partial charge < -0.3 is 10.2 Å². The Kier molecular flexibility index (Phi) is 5.77. The largest absolute Gasteiger partial charge is 0.416 e. The van der Waals surface area contributed by atoms with Gasteiger partial charge in [-0.3, -0.25) is 4.79 Å². The lowest BCUT2D eigenvalue weighted by molar-refractivity contribution is -0.143. The molecule has 2 aromatic rings. The minimum atomic E-state index is -5.00. The highest BCUT2D eigenvalue weighted by Crippen LogP contribution is 2.37. The fraction of sp³-hybridized carbons (Fsp3) is 0.176. The van der Waals surface area contributed by atoms with Crippen molar-refractivity contribution in [2.24, 2.45) is 5.16 Å². The third-order valence-corrected chi connectivity index (χ3v) is 3.33. The number of carbonyl (C=O) groups is 1. The van der Waals surface area contributed by atoms with Crippen molar-refractivity contribution < 1.29 is 36.0 Å². The Morgan fingerprint density at radius 3 is 1.93 bits per heavy atom. The number of benzene rings is 2. The third-order valence-electron chi connectivity index (χ3n) is 3.33. The molecular formula is C17H12F6N2O2. The second-order valence-electron chi connectivity index (χ2n) is 5.29. The summed E-state index contributed by atoms with van der Waals surface area (Å²) < 4.78 is 77.0. The summed E-state index contributed by atoms with van der Waals surface area (Å²) in [6.45, 7) is 0. The Balaban J connectivity index is 2.30. The Morgan fingerprint density at radius 2 is 1.48 bits per heavy atom. The van der Waals surface area contributed by atoms with Crippen LogP contribution in [0.15, 0.2) is 47.6 Å². The summed E-state index contributed by atoms with van der Waals surface area (Å²) in [5, 5.41) is 5.56. The zero-order chi connectivity index (χ0) is 20.2. The molecule has 0 unspecified atom stereocenters. The van der Waals surface area contributed by atoms with Crippen LogP contribution in [0.25, 0.3) is 0 Å². The van der Waals surface area contributed by atoms with Crippen molar-refractivity contribution in [1.29, 1.82) is 0 Å². The van der Waals surface area contributed by atoms with Crippen LogP contribution in [-0.4, -0.2) is 19.2 Å². The summed E-state index contributed by atoms with van der Waals surface area (Å²) in [5.74, 6) is -0.863. The van der Waals surface area contributed by atoms with Crippen LogP contribution in [0.2, 0.25) is 0 Å². The fourth-order valence-corrected chi connectivity index (χ4v) is 2.06. The number of oxime groups is 1. The molecule has 0 aliphatic heterocycles. The van der Waals surface area contributed by atoms with Gasteiger partial charge in [-0.15, -0.1) is 0 Å². The molecule has 0 heterocycles. The van der Waals surface area contributed by atoms with Gasteiger partial charge in [0.25, 0.3) is 5.91 Å². The van der Waals surface area contributed by atoms with E-state index in [1.54, 1.807) is 0 Å². The van der Waals surface area contributed by atoms with Crippen molar-refractivity contribution in [3.05, 3.63) is 64.7 Å². The Hall–Kier alpha value is -3.04. The molecule has 27 heavy (non-hydrogen) atoms. The Labute approximate surface area is 149 Å². The first kappa shape index (κ1) is 20.3. The van der Waals surface area contributed by atoms with Crippen LogP contribution in [0.1, 0.15) is 27.0 Å². The zero-order valence-corrected chi connectivity index (χ0v) is 13.7. The standard InChI is InChI=1S/C17H12F6N2O2/c1-27-24-9-10-2-4-11(5-3-10)15(26)25-14-7-12(16(18,19)20)6-13(8-14)17(21,22)23/h2-9H,1H3,(H,25,26)/b24-9+. The number of halogens is 6. The monoisotopic (exact) mass is 390 g/mol. The van der Waals surface area contributed by atoms with E-state index in [9.17, 15) is 31.1 Å². The van der Waals surface area contributed by atoms with E-state index < -0.39 is 35.1 Å². The Morgan fingerprint density at radius 1 is 0.963 bits per heavy atom. The molecule has 0 bridgehead atoms. The van der Waals surface area contributed by atoms with Crippen LogP contribution >= 0.6 is 0 Å². The first-order valence-corrected chi connectivity index (χ1v) is 7.28. The lowest BCUT2D eigenvalue weighted by Crippen LogP contribution is -2.16. The van der Waals surface area contributed by atoms with E-state index in [0.29, 0.717) is 17.7 Å². The molecule has 0 aromatic heterocycles. The van der Waals surface area contributed by atoms with Gasteiger partial charge in [0.1, 0.15) is 7.11 Å². The lowest BCUT2D eigenvalue weighted by Gasteiger charge is -2.14. The maximum absolute atomic E-state index is 12.8. The van der Waals surface area contributed by atoms with Gasteiger partial charge in [0.2, 0.25) is 0 Å². The van der Waals surface area contributed by atoms with Crippen LogP contribution in [-0.2, 0) is 17.2 Å². The van der Waals surface area contributed by atoms with Gasteiger partial charge in [0.15, 0.2) is 0 Å². The zero-order valence-electron chi connectivity index (χ0n) is 13.7. The summed E-state index contributed by atoms with van der Waals surface area (Å²) in [4.78, 5) is 16.6. The third kappa shape index (κ3) is 5.47. The molecule has 0 radical (unpaired) electrons. The summed E-state index contributed by atoms with van der Waals surface area (Å²) in [7, 11) is 1.34. The maximum Gasteiger partial charge on any atom is 0.416 e. The Bertz CT molecular complexity index is 810. The number of hydrogen-bond donors (Lipinski definition) is 1. The van der Waals surface area contributed by atoms with Gasteiger partial charge in [0, 0.05) is 11.3 Å². The van der Waals surface area contributed by atoms with Gasteiger partial charge in [-0.25, -0.2) is 0 Å². The van der Waals surface area contributed by atoms with Gasteiger partial charge in [-0.1, -0.05) is 17.3 Å². The number of nitrogens with zero attached hydrogens (tertiary/aromatic N) is 1. The summed E-state index contributed by atoms with van der Waals surface area (Å²) >= 11 is 0. The smallest absolute Gasteiger partial charge is 0.399 e. The number of amides is 1. The second kappa shape index (κ2) is 7.68. The molecule has 0 fully saturated rings. The normalized spacial score (nSPS) is 12.3. The first-order valence-electron chi connectivity index (χ1n) is 7.28. The highest BCUT2D eigenvalue weighted by atomic mass is 19.4. The molecule has 4 nitrogen and oxygen atoms in total. The molecule has 1 N–H and O–H groups in total. The molecular weight excluding hydrogens is 378 g/mol. The van der Waals surface area contributed by atoms with E-state index in [-0.39, 0.29) is 11.6 Å². The minimum absolute atomic E-state index is 0.0143. The van der Waals surface area contributed by atoms with Crippen LogP contribution in [0.5, 0.6) is 0 Å². The molecule has 0 atom stereocenters. The molecule has 2 aromatic carbocycles. The van der Waals surface area contributed by atoms with E-state index >= 15 is 0 Å². The predicted octanol–water partition coefficient (Wildman–Crippen LogP) is 4.96. The molecule has 144 valence electrons. The number of rotatable bonds is 4. The first-order chi connectivity index (χ1) is 12.5. The average molecular weight is 390 g/mol. The van der Waals surface area contributed by atoms with Crippen molar-refractivity contribution in [3.8, 4) is 0 Å². The minimum Gasteiger partial charge on any atom is -0.399 e. The fourth-order valence-electron chi connectivity index (χ4n) is 2.06. The molecule has 0 saturated carbocycles. The van der Waals surface area contributed by atoms with Crippen molar-refractivity contribution in [3.63, 3.8) is 0 Å². The van der Waals surface area contributed by atoms with Crippen molar-refractivity contribution in [1.82, 2.24) is 0 Å². The summed E-state index contributed by atoms with van der Waals surface area (Å²) in [6.07, 6.45) is -8.64. The average Bonchev–Trinajstić information content (AvgIpc) is 2.58. The highest BCUT2D eigenvalue weighted by molar-refractivity contribution is 6.04. The summed E-state index contributed by atoms with van der Waals surface area (Å²) in [6, 6.07) is 6.49.